The van der Waals surface area contributed by atoms with Gasteiger partial charge in [-0.05, 0) is 6.92 Å². The molecule has 0 atom stereocenters. The van der Waals surface area contributed by atoms with Gasteiger partial charge in [-0.3, -0.25) is 4.79 Å². The van der Waals surface area contributed by atoms with E-state index in [1.54, 1.807) is 11.6 Å². The average molecular weight is 178 g/mol. The van der Waals surface area contributed by atoms with Crippen LogP contribution in [-0.2, 0) is 6.54 Å². The lowest BCUT2D eigenvalue weighted by Gasteiger charge is -2.04. The van der Waals surface area contributed by atoms with Crippen LogP contribution in [-0.4, -0.2) is 30.4 Å². The topological polar surface area (TPSA) is 72.9 Å². The Labute approximate surface area is 77.7 Å². The maximum atomic E-state index is 11.0. The smallest absolute Gasteiger partial charge is 0.269 e. The molecule has 0 aliphatic carbocycles. The van der Waals surface area contributed by atoms with E-state index in [0.717, 1.165) is 0 Å². The SMILES string of the molecule is [B]c1nc(NC)c(C(N)=O)n1CC. The second kappa shape index (κ2) is 3.51. The zero-order chi connectivity index (χ0) is 10.0. The van der Waals surface area contributed by atoms with Crippen LogP contribution in [0.25, 0.3) is 0 Å². The van der Waals surface area contributed by atoms with Gasteiger partial charge >= 0.3 is 0 Å². The van der Waals surface area contributed by atoms with Gasteiger partial charge in [0.2, 0.25) is 0 Å². The van der Waals surface area contributed by atoms with E-state index in [-0.39, 0.29) is 0 Å². The molecular weight excluding hydrogens is 167 g/mol. The van der Waals surface area contributed by atoms with Crippen molar-refractivity contribution in [1.82, 2.24) is 9.55 Å². The minimum Gasteiger partial charge on any atom is -0.371 e. The van der Waals surface area contributed by atoms with Crippen LogP contribution in [0.1, 0.15) is 17.4 Å². The van der Waals surface area contributed by atoms with Crippen molar-refractivity contribution < 1.29 is 4.79 Å². The fourth-order valence-corrected chi connectivity index (χ4v) is 1.21. The van der Waals surface area contributed by atoms with Gasteiger partial charge in [-0.15, -0.1) is 0 Å². The van der Waals surface area contributed by atoms with Crippen LogP contribution < -0.4 is 16.8 Å². The molecular formula is C7H11BN4O. The third-order valence-corrected chi connectivity index (χ3v) is 1.78. The number of nitrogens with zero attached hydrogens (tertiary/aromatic N) is 2. The van der Waals surface area contributed by atoms with E-state index in [2.05, 4.69) is 10.3 Å². The van der Waals surface area contributed by atoms with Crippen LogP contribution in [0.5, 0.6) is 0 Å². The van der Waals surface area contributed by atoms with Crippen molar-refractivity contribution in [2.75, 3.05) is 12.4 Å². The largest absolute Gasteiger partial charge is 0.371 e. The highest BCUT2D eigenvalue weighted by Gasteiger charge is 2.16. The number of anilines is 1. The fraction of sp³-hybridized carbons (Fsp3) is 0.429. The molecule has 1 amide bonds. The maximum absolute atomic E-state index is 11.0. The molecule has 0 aromatic carbocycles. The summed E-state index contributed by atoms with van der Waals surface area (Å²) in [6.45, 7) is 2.43. The third-order valence-electron chi connectivity index (χ3n) is 1.78. The predicted octanol–water partition coefficient (Wildman–Crippen LogP) is -1.16. The zero-order valence-corrected chi connectivity index (χ0v) is 7.66. The highest BCUT2D eigenvalue weighted by molar-refractivity contribution is 6.30. The molecule has 0 unspecified atom stereocenters. The standard InChI is InChI=1S/C7H11BN4O/c1-3-12-4(5(9)13)6(10-2)11-7(12)8/h10H,3H2,1-2H3,(H2,9,13). The Bertz CT molecular complexity index is 333. The van der Waals surface area contributed by atoms with E-state index in [9.17, 15) is 4.79 Å². The molecule has 1 rings (SSSR count). The summed E-state index contributed by atoms with van der Waals surface area (Å²) in [5.74, 6) is -0.109. The lowest BCUT2D eigenvalue weighted by molar-refractivity contribution is 0.0992. The van der Waals surface area contributed by atoms with E-state index in [0.29, 0.717) is 23.8 Å². The van der Waals surface area contributed by atoms with Crippen LogP contribution in [0.4, 0.5) is 5.82 Å². The highest BCUT2D eigenvalue weighted by atomic mass is 16.1. The number of nitrogens with two attached hydrogens (primary N) is 1. The van der Waals surface area contributed by atoms with E-state index < -0.39 is 5.91 Å². The Morgan fingerprint density at radius 1 is 1.77 bits per heavy atom. The van der Waals surface area contributed by atoms with Crippen molar-refractivity contribution in [3.8, 4) is 0 Å². The molecule has 0 spiro atoms. The Kier molecular flexibility index (Phi) is 2.60. The van der Waals surface area contributed by atoms with Gasteiger partial charge < -0.3 is 15.6 Å². The maximum Gasteiger partial charge on any atom is 0.269 e. The predicted molar refractivity (Wildman–Crippen MR) is 51.4 cm³/mol. The number of rotatable bonds is 3. The molecule has 0 saturated heterocycles. The lowest BCUT2D eigenvalue weighted by atomic mass is 10.1. The summed E-state index contributed by atoms with van der Waals surface area (Å²) >= 11 is 0. The van der Waals surface area contributed by atoms with E-state index in [1.807, 2.05) is 6.92 Å². The van der Waals surface area contributed by atoms with Crippen LogP contribution in [0.3, 0.4) is 0 Å². The first-order chi connectivity index (χ1) is 6.11. The van der Waals surface area contributed by atoms with Gasteiger partial charge in [-0.2, -0.15) is 0 Å². The summed E-state index contributed by atoms with van der Waals surface area (Å²) in [7, 11) is 7.23. The molecule has 5 nitrogen and oxygen atoms in total. The first-order valence-corrected chi connectivity index (χ1v) is 3.95. The number of amides is 1. The summed E-state index contributed by atoms with van der Waals surface area (Å²) in [6.07, 6.45) is 0. The number of primary amides is 1. The Balaban J connectivity index is 3.32. The van der Waals surface area contributed by atoms with Crippen molar-refractivity contribution in [2.45, 2.75) is 13.5 Å². The van der Waals surface area contributed by atoms with Gasteiger partial charge in [0, 0.05) is 13.6 Å². The van der Waals surface area contributed by atoms with Crippen molar-refractivity contribution in [1.29, 1.82) is 0 Å². The molecule has 1 aromatic rings. The van der Waals surface area contributed by atoms with Gasteiger partial charge in [0.05, 0.1) is 5.72 Å². The molecule has 1 aromatic heterocycles. The van der Waals surface area contributed by atoms with E-state index in [4.69, 9.17) is 13.6 Å². The van der Waals surface area contributed by atoms with Crippen molar-refractivity contribution in [2.24, 2.45) is 5.73 Å². The number of carbonyl (C=O) groups is 1. The monoisotopic (exact) mass is 178 g/mol. The van der Waals surface area contributed by atoms with Crippen LogP contribution in [0, 0.1) is 0 Å². The Morgan fingerprint density at radius 3 is 2.77 bits per heavy atom. The molecule has 0 bridgehead atoms. The normalized spacial score (nSPS) is 10.0. The molecule has 0 fully saturated rings. The molecule has 1 heterocycles. The van der Waals surface area contributed by atoms with Crippen molar-refractivity contribution in [3.63, 3.8) is 0 Å². The summed E-state index contributed by atoms with van der Waals surface area (Å²) in [5, 5.41) is 2.76. The first-order valence-electron chi connectivity index (χ1n) is 3.95. The molecule has 3 N–H and O–H groups in total. The van der Waals surface area contributed by atoms with Gasteiger partial charge in [0.15, 0.2) is 13.7 Å². The summed E-state index contributed by atoms with van der Waals surface area (Å²) < 4.78 is 1.56. The molecule has 2 radical (unpaired) electrons. The zero-order valence-electron chi connectivity index (χ0n) is 7.66. The number of aromatic nitrogens is 2. The van der Waals surface area contributed by atoms with Gasteiger partial charge in [-0.1, -0.05) is 0 Å². The molecule has 0 aliphatic rings. The Hall–Kier alpha value is -1.46. The summed E-state index contributed by atoms with van der Waals surface area (Å²) in [6, 6.07) is 0. The molecule has 0 aliphatic heterocycles. The number of nitrogens with one attached hydrogen (secondary N) is 1. The van der Waals surface area contributed by atoms with Gasteiger partial charge in [0.25, 0.3) is 5.91 Å². The number of hydrogen-bond donors (Lipinski definition) is 2. The van der Waals surface area contributed by atoms with Crippen LogP contribution in [0.2, 0.25) is 0 Å². The molecule has 0 saturated carbocycles. The lowest BCUT2D eigenvalue weighted by Crippen LogP contribution is -2.24. The fourth-order valence-electron chi connectivity index (χ4n) is 1.21. The minimum absolute atomic E-state index is 0.292. The quantitative estimate of drug-likeness (QED) is 0.573. The molecule has 13 heavy (non-hydrogen) atoms. The summed E-state index contributed by atoms with van der Waals surface area (Å²) in [5.41, 5.74) is 5.80. The first kappa shape index (κ1) is 9.63. The van der Waals surface area contributed by atoms with E-state index in [1.165, 1.54) is 0 Å². The van der Waals surface area contributed by atoms with Gasteiger partial charge in [0.1, 0.15) is 5.69 Å². The molecule has 68 valence electrons. The third kappa shape index (κ3) is 1.51. The summed E-state index contributed by atoms with van der Waals surface area (Å²) in [4.78, 5) is 15.0. The van der Waals surface area contributed by atoms with Crippen molar-refractivity contribution >= 4 is 25.3 Å². The Morgan fingerprint density at radius 2 is 2.38 bits per heavy atom. The number of hydrogen-bond acceptors (Lipinski definition) is 3. The molecule has 6 heteroatoms. The number of carbonyl (C=O) groups excluding carboxylic acids is 1. The average Bonchev–Trinajstić information content (AvgIpc) is 2.41. The van der Waals surface area contributed by atoms with E-state index >= 15 is 0 Å². The minimum atomic E-state index is -0.532. The van der Waals surface area contributed by atoms with Gasteiger partial charge in [-0.25, -0.2) is 4.98 Å². The second-order valence-corrected chi connectivity index (χ2v) is 2.53. The van der Waals surface area contributed by atoms with Crippen LogP contribution >= 0.6 is 0 Å². The van der Waals surface area contributed by atoms with Crippen molar-refractivity contribution in [3.05, 3.63) is 5.69 Å². The second-order valence-electron chi connectivity index (χ2n) is 2.53. The highest BCUT2D eigenvalue weighted by Crippen LogP contribution is 2.09. The number of imidazole rings is 1. The van der Waals surface area contributed by atoms with Crippen LogP contribution in [0.15, 0.2) is 0 Å².